The fraction of sp³-hybridized carbons (Fsp3) is 0.811. The molecule has 3 aliphatic rings. The van der Waals surface area contributed by atoms with Crippen LogP contribution in [0.1, 0.15) is 126 Å². The lowest BCUT2D eigenvalue weighted by atomic mass is 9.77. The number of hydrogen-bond acceptors (Lipinski definition) is 18. The summed E-state index contributed by atoms with van der Waals surface area (Å²) in [7, 11) is 5.27. The van der Waals surface area contributed by atoms with Gasteiger partial charge in [-0.1, -0.05) is 56.7 Å². The zero-order valence-corrected chi connectivity index (χ0v) is 45.2. The van der Waals surface area contributed by atoms with Crippen molar-refractivity contribution in [2.45, 2.75) is 224 Å². The van der Waals surface area contributed by atoms with Crippen molar-refractivity contribution < 1.29 is 68.6 Å². The van der Waals surface area contributed by atoms with Gasteiger partial charge in [0.05, 0.1) is 47.7 Å². The van der Waals surface area contributed by atoms with Crippen LogP contribution in [-0.2, 0) is 51.1 Å². The number of ketones is 1. The SMILES string of the molecule is CC[C@H]1OC(=O)[C@H](C)[C@@H](O[C@H]2C[C@@](C)(OC)[C@@H](O)[C@H](C)O2)[C@H](C)[C@@H](O[C@@H]2O[C@H](C)C[C@H](N(C)Cc3ccccc3-c3cn(CCCCCC(=O)CO)nn3)[C@H]2O)[C@](C)(O)C[C@@H](C)CN(C)[C@H](C)[C@@H](O)[C@]1(C)O. The molecule has 3 aliphatic heterocycles. The van der Waals surface area contributed by atoms with E-state index in [1.165, 1.54) is 14.0 Å². The average molecular weight is 1020 g/mol. The predicted octanol–water partition coefficient (Wildman–Crippen LogP) is 3.85. The van der Waals surface area contributed by atoms with Gasteiger partial charge in [0.1, 0.15) is 42.3 Å². The molecule has 1 aromatic heterocycles. The van der Waals surface area contributed by atoms with Crippen LogP contribution in [0.3, 0.4) is 0 Å². The maximum Gasteiger partial charge on any atom is 0.311 e. The summed E-state index contributed by atoms with van der Waals surface area (Å²) in [6.07, 6.45) is -4.70. The summed E-state index contributed by atoms with van der Waals surface area (Å²) in [4.78, 5) is 30.0. The van der Waals surface area contributed by atoms with Crippen molar-refractivity contribution in [3.8, 4) is 11.3 Å². The maximum absolute atomic E-state index is 14.5. The topological polar surface area (TPSA) is 248 Å². The zero-order valence-electron chi connectivity index (χ0n) is 45.2. The van der Waals surface area contributed by atoms with E-state index in [9.17, 15) is 35.1 Å². The van der Waals surface area contributed by atoms with Crippen molar-refractivity contribution in [2.24, 2.45) is 17.8 Å². The summed E-state index contributed by atoms with van der Waals surface area (Å²) >= 11 is 0. The number of unbranched alkanes of at least 4 members (excludes halogenated alkanes) is 2. The Morgan fingerprint density at radius 1 is 0.958 bits per heavy atom. The minimum atomic E-state index is -1.84. The van der Waals surface area contributed by atoms with Gasteiger partial charge < -0.3 is 64.0 Å². The zero-order chi connectivity index (χ0) is 53.5. The van der Waals surface area contributed by atoms with Crippen LogP contribution in [0, 0.1) is 17.8 Å². The first-order valence-electron chi connectivity index (χ1n) is 26.2. The number of ether oxygens (including phenoxy) is 6. The monoisotopic (exact) mass is 1020 g/mol. The molecule has 72 heavy (non-hydrogen) atoms. The molecule has 0 spiro atoms. The van der Waals surface area contributed by atoms with Gasteiger partial charge >= 0.3 is 5.97 Å². The molecule has 0 unspecified atom stereocenters. The number of likely N-dealkylation sites (N-methyl/N-ethyl adjacent to an activating group) is 2. The third kappa shape index (κ3) is 14.5. The van der Waals surface area contributed by atoms with E-state index < -0.39 is 109 Å². The Morgan fingerprint density at radius 2 is 1.65 bits per heavy atom. The highest BCUT2D eigenvalue weighted by molar-refractivity contribution is 5.79. The molecule has 6 N–H and O–H groups in total. The number of Topliss-reactive ketones (excluding diaryl/α,β-unsaturated/α-hetero) is 1. The van der Waals surface area contributed by atoms with Crippen LogP contribution in [0.5, 0.6) is 0 Å². The van der Waals surface area contributed by atoms with Crippen molar-refractivity contribution in [1.29, 1.82) is 0 Å². The van der Waals surface area contributed by atoms with Gasteiger partial charge in [0, 0.05) is 63.2 Å². The lowest BCUT2D eigenvalue weighted by Gasteiger charge is -2.49. The molecule has 0 radical (unpaired) electrons. The van der Waals surface area contributed by atoms with E-state index in [1.807, 2.05) is 70.2 Å². The molecule has 19 heteroatoms. The minimum absolute atomic E-state index is 0.0932. The fourth-order valence-electron chi connectivity index (χ4n) is 11.3. The molecule has 0 amide bonds. The highest BCUT2D eigenvalue weighted by Gasteiger charge is 2.53. The Balaban J connectivity index is 1.47. The second-order valence-corrected chi connectivity index (χ2v) is 22.1. The Bertz CT molecular complexity index is 2020. The number of rotatable bonds is 17. The summed E-state index contributed by atoms with van der Waals surface area (Å²) < 4.78 is 40.2. The van der Waals surface area contributed by atoms with Crippen molar-refractivity contribution in [2.75, 3.05) is 34.4 Å². The third-order valence-corrected chi connectivity index (χ3v) is 15.9. The molecular weight excluding hydrogens is 931 g/mol. The molecule has 1 aromatic carbocycles. The number of carbonyl (C=O) groups excluding carboxylic acids is 2. The largest absolute Gasteiger partial charge is 0.459 e. The smallest absolute Gasteiger partial charge is 0.311 e. The number of hydrogen-bond donors (Lipinski definition) is 6. The van der Waals surface area contributed by atoms with Crippen LogP contribution in [0.15, 0.2) is 30.5 Å². The number of aliphatic hydroxyl groups is 6. The van der Waals surface area contributed by atoms with E-state index in [4.69, 9.17) is 33.5 Å². The predicted molar refractivity (Wildman–Crippen MR) is 268 cm³/mol. The van der Waals surface area contributed by atoms with Crippen molar-refractivity contribution in [3.63, 3.8) is 0 Å². The molecule has 19 nitrogen and oxygen atoms in total. The molecule has 0 bridgehead atoms. The Kier molecular flexibility index (Phi) is 21.3. The highest BCUT2D eigenvalue weighted by Crippen LogP contribution is 2.40. The van der Waals surface area contributed by atoms with Crippen molar-refractivity contribution in [1.82, 2.24) is 24.8 Å². The van der Waals surface area contributed by atoms with Gasteiger partial charge in [0.2, 0.25) is 0 Å². The molecule has 18 atom stereocenters. The highest BCUT2D eigenvalue weighted by atomic mass is 16.7. The molecule has 2 aromatic rings. The summed E-state index contributed by atoms with van der Waals surface area (Å²) in [5.74, 6) is -2.99. The normalized spacial score (nSPS) is 39.1. The van der Waals surface area contributed by atoms with Gasteiger partial charge in [0.25, 0.3) is 0 Å². The molecule has 0 saturated carbocycles. The van der Waals surface area contributed by atoms with Crippen LogP contribution in [0.25, 0.3) is 11.3 Å². The summed E-state index contributed by atoms with van der Waals surface area (Å²) in [6.45, 7) is 18.6. The van der Waals surface area contributed by atoms with Crippen LogP contribution in [0.2, 0.25) is 0 Å². The number of carbonyl (C=O) groups is 2. The van der Waals surface area contributed by atoms with Crippen molar-refractivity contribution >= 4 is 11.8 Å². The van der Waals surface area contributed by atoms with Crippen LogP contribution in [-0.4, -0.2) is 192 Å². The van der Waals surface area contributed by atoms with E-state index in [-0.39, 0.29) is 37.1 Å². The number of aryl methyl sites for hydroxylation is 1. The van der Waals surface area contributed by atoms with Gasteiger partial charge in [-0.15, -0.1) is 5.10 Å². The number of methoxy groups -OCH3 is 1. The number of cyclic esters (lactones) is 1. The first-order chi connectivity index (χ1) is 33.8. The molecule has 3 fully saturated rings. The number of benzene rings is 1. The van der Waals surface area contributed by atoms with E-state index in [0.29, 0.717) is 44.6 Å². The lowest BCUT2D eigenvalue weighted by molar-refractivity contribution is -0.318. The Morgan fingerprint density at radius 3 is 2.32 bits per heavy atom. The van der Waals surface area contributed by atoms with Gasteiger partial charge in [-0.25, -0.2) is 0 Å². The summed E-state index contributed by atoms with van der Waals surface area (Å²) in [5.41, 5.74) is -2.02. The second kappa shape index (κ2) is 25.7. The quantitative estimate of drug-likeness (QED) is 0.0973. The van der Waals surface area contributed by atoms with Gasteiger partial charge in [0.15, 0.2) is 18.4 Å². The van der Waals surface area contributed by atoms with E-state index in [2.05, 4.69) is 15.2 Å². The van der Waals surface area contributed by atoms with Gasteiger partial charge in [-0.3, -0.25) is 19.2 Å². The molecular formula is C53H89N5O14. The maximum atomic E-state index is 14.5. The number of nitrogens with zero attached hydrogens (tertiary/aromatic N) is 5. The Hall–Kier alpha value is -3.02. The van der Waals surface area contributed by atoms with Gasteiger partial charge in [-0.05, 0) is 106 Å². The first kappa shape index (κ1) is 59.9. The molecule has 4 heterocycles. The lowest BCUT2D eigenvalue weighted by Crippen LogP contribution is -2.60. The van der Waals surface area contributed by atoms with E-state index in [1.54, 1.807) is 46.2 Å². The Labute approximate surface area is 427 Å². The standard InChI is InChI=1S/C53H89N5O14/c1-14-42-53(10,66)46(62)35(6)56(11)27-31(2)25-51(8,65)48(33(4)45(34(5)49(64)70-42)71-43-26-52(9,67-13)47(63)36(7)69-43)72-50-44(61)41(24-32(3)68-50)57(12)28-37-20-17-18-22-39(37)40-29-58(55-54-40)23-19-15-16-21-38(60)30-59/h17-18,20,22,29,31-36,41-48,50,59,61-63,65-66H,14-16,19,21,23-28,30H2,1-13H3/t31-,32-,33+,34-,35-,36+,41+,42-,43+,44-,45+,46-,47+,48-,50+,51-,52-,53-/m1/s1. The fourth-order valence-corrected chi connectivity index (χ4v) is 11.3. The molecule has 410 valence electrons. The van der Waals surface area contributed by atoms with Gasteiger partial charge in [-0.2, -0.15) is 0 Å². The molecule has 3 saturated heterocycles. The molecule has 5 rings (SSSR count). The number of aliphatic hydroxyl groups excluding tert-OH is 4. The average Bonchev–Trinajstić information content (AvgIpc) is 3.81. The number of esters is 1. The van der Waals surface area contributed by atoms with Crippen LogP contribution < -0.4 is 0 Å². The first-order valence-corrected chi connectivity index (χ1v) is 26.2. The minimum Gasteiger partial charge on any atom is -0.459 e. The second-order valence-electron chi connectivity index (χ2n) is 22.1. The van der Waals surface area contributed by atoms with Crippen LogP contribution in [0.4, 0.5) is 0 Å². The number of aromatic nitrogens is 3. The van der Waals surface area contributed by atoms with Crippen molar-refractivity contribution in [3.05, 3.63) is 36.0 Å². The van der Waals surface area contributed by atoms with E-state index in [0.717, 1.165) is 24.0 Å². The summed E-state index contributed by atoms with van der Waals surface area (Å²) in [5, 5.41) is 77.9. The molecule has 0 aliphatic carbocycles. The third-order valence-electron chi connectivity index (χ3n) is 15.9. The van der Waals surface area contributed by atoms with E-state index >= 15 is 0 Å². The van der Waals surface area contributed by atoms with Crippen LogP contribution >= 0.6 is 0 Å². The summed E-state index contributed by atoms with van der Waals surface area (Å²) in [6, 6.07) is 6.85.